The van der Waals surface area contributed by atoms with Crippen molar-refractivity contribution in [3.63, 3.8) is 0 Å². The average molecular weight is 389 g/mol. The molecule has 0 radical (unpaired) electrons. The van der Waals surface area contributed by atoms with E-state index < -0.39 is 0 Å². The van der Waals surface area contributed by atoms with Crippen molar-refractivity contribution in [3.05, 3.63) is 38.8 Å². The number of halogens is 2. The molecule has 0 aliphatic heterocycles. The standard InChI is InChI=1S/C14H15BrClN3OS/c1-3-19(9(2)20)14-18-11(8-21-14)7-17-10-4-5-13(16)12(15)6-10/h4-6,8,17H,3,7H2,1-2H3. The molecule has 1 heterocycles. The Morgan fingerprint density at radius 3 is 2.90 bits per heavy atom. The van der Waals surface area contributed by atoms with E-state index in [0.29, 0.717) is 18.1 Å². The number of anilines is 2. The van der Waals surface area contributed by atoms with Gasteiger partial charge < -0.3 is 5.32 Å². The van der Waals surface area contributed by atoms with Crippen LogP contribution in [0.1, 0.15) is 19.5 Å². The maximum atomic E-state index is 11.5. The molecule has 0 saturated carbocycles. The molecule has 2 aromatic rings. The SMILES string of the molecule is CCN(C(C)=O)c1nc(CNc2ccc(Cl)c(Br)c2)cs1. The van der Waals surface area contributed by atoms with E-state index in [9.17, 15) is 4.79 Å². The number of carbonyl (C=O) groups is 1. The van der Waals surface area contributed by atoms with Gasteiger partial charge in [0.25, 0.3) is 0 Å². The molecular formula is C14H15BrClN3OS. The highest BCUT2D eigenvalue weighted by Gasteiger charge is 2.13. The van der Waals surface area contributed by atoms with Gasteiger partial charge in [-0.3, -0.25) is 9.69 Å². The number of amides is 1. The molecule has 1 amide bonds. The molecule has 7 heteroatoms. The molecule has 21 heavy (non-hydrogen) atoms. The van der Waals surface area contributed by atoms with E-state index >= 15 is 0 Å². The van der Waals surface area contributed by atoms with Crippen LogP contribution in [0.4, 0.5) is 10.8 Å². The van der Waals surface area contributed by atoms with E-state index in [4.69, 9.17) is 11.6 Å². The summed E-state index contributed by atoms with van der Waals surface area (Å²) in [5.74, 6) is 0.00740. The van der Waals surface area contributed by atoms with E-state index in [2.05, 4.69) is 26.2 Å². The van der Waals surface area contributed by atoms with Crippen molar-refractivity contribution in [1.82, 2.24) is 4.98 Å². The second-order valence-corrected chi connectivity index (χ2v) is 6.47. The predicted molar refractivity (Wildman–Crippen MR) is 92.3 cm³/mol. The highest BCUT2D eigenvalue weighted by molar-refractivity contribution is 9.10. The highest BCUT2D eigenvalue weighted by atomic mass is 79.9. The third-order valence-corrected chi connectivity index (χ3v) is 4.99. The molecule has 0 aliphatic rings. The smallest absolute Gasteiger partial charge is 0.225 e. The lowest BCUT2D eigenvalue weighted by atomic mass is 10.3. The Kier molecular flexibility index (Phi) is 5.61. The molecule has 0 unspecified atom stereocenters. The minimum absolute atomic E-state index is 0.00740. The number of carbonyl (C=O) groups excluding carboxylic acids is 1. The first-order chi connectivity index (χ1) is 10.0. The molecule has 4 nitrogen and oxygen atoms in total. The summed E-state index contributed by atoms with van der Waals surface area (Å²) in [6, 6.07) is 5.66. The third kappa shape index (κ3) is 4.18. The zero-order valence-corrected chi connectivity index (χ0v) is 14.8. The van der Waals surface area contributed by atoms with E-state index in [1.54, 1.807) is 11.8 Å². The zero-order chi connectivity index (χ0) is 15.4. The van der Waals surface area contributed by atoms with E-state index in [-0.39, 0.29) is 5.91 Å². The van der Waals surface area contributed by atoms with E-state index in [0.717, 1.165) is 21.0 Å². The van der Waals surface area contributed by atoms with E-state index in [1.165, 1.54) is 11.3 Å². The Balaban J connectivity index is 2.02. The molecule has 0 aliphatic carbocycles. The molecule has 0 bridgehead atoms. The number of nitrogens with zero attached hydrogens (tertiary/aromatic N) is 2. The fourth-order valence-corrected chi connectivity index (χ4v) is 3.22. The van der Waals surface area contributed by atoms with Gasteiger partial charge in [0.2, 0.25) is 5.91 Å². The van der Waals surface area contributed by atoms with Crippen LogP contribution in [-0.4, -0.2) is 17.4 Å². The number of benzene rings is 1. The average Bonchev–Trinajstić information content (AvgIpc) is 2.89. The molecule has 0 atom stereocenters. The maximum absolute atomic E-state index is 11.5. The van der Waals surface area contributed by atoms with Gasteiger partial charge in [-0.15, -0.1) is 11.3 Å². The molecule has 1 aromatic heterocycles. The number of aromatic nitrogens is 1. The van der Waals surface area contributed by atoms with Crippen molar-refractivity contribution in [2.75, 3.05) is 16.8 Å². The van der Waals surface area contributed by atoms with Gasteiger partial charge in [-0.1, -0.05) is 11.6 Å². The van der Waals surface area contributed by atoms with E-state index in [1.807, 2.05) is 30.5 Å². The van der Waals surface area contributed by atoms with Crippen LogP contribution in [0.25, 0.3) is 0 Å². The number of nitrogens with one attached hydrogen (secondary N) is 1. The first kappa shape index (κ1) is 16.3. The molecule has 1 N–H and O–H groups in total. The minimum atomic E-state index is 0.00740. The second kappa shape index (κ2) is 7.24. The van der Waals surface area contributed by atoms with Crippen LogP contribution in [0.5, 0.6) is 0 Å². The number of hydrogen-bond acceptors (Lipinski definition) is 4. The second-order valence-electron chi connectivity index (χ2n) is 4.37. The van der Waals surface area contributed by atoms with Crippen LogP contribution in [0.2, 0.25) is 5.02 Å². The van der Waals surface area contributed by atoms with Crippen LogP contribution in [0.3, 0.4) is 0 Å². The van der Waals surface area contributed by atoms with Crippen LogP contribution in [0.15, 0.2) is 28.1 Å². The summed E-state index contributed by atoms with van der Waals surface area (Å²) in [6.45, 7) is 4.71. The number of thiazole rings is 1. The summed E-state index contributed by atoms with van der Waals surface area (Å²) in [5.41, 5.74) is 1.86. The Morgan fingerprint density at radius 2 is 2.29 bits per heavy atom. The Bertz CT molecular complexity index is 647. The first-order valence-corrected chi connectivity index (χ1v) is 8.47. The quantitative estimate of drug-likeness (QED) is 0.817. The predicted octanol–water partition coefficient (Wildman–Crippen LogP) is 4.54. The van der Waals surface area contributed by atoms with Crippen molar-refractivity contribution in [2.24, 2.45) is 0 Å². The topological polar surface area (TPSA) is 45.2 Å². The largest absolute Gasteiger partial charge is 0.379 e. The summed E-state index contributed by atoms with van der Waals surface area (Å²) in [7, 11) is 0. The Morgan fingerprint density at radius 1 is 1.52 bits per heavy atom. The maximum Gasteiger partial charge on any atom is 0.225 e. The van der Waals surface area contributed by atoms with Gasteiger partial charge in [0.1, 0.15) is 0 Å². The lowest BCUT2D eigenvalue weighted by Crippen LogP contribution is -2.27. The first-order valence-electron chi connectivity index (χ1n) is 6.42. The van der Waals surface area contributed by atoms with Gasteiger partial charge >= 0.3 is 0 Å². The molecule has 2 rings (SSSR count). The monoisotopic (exact) mass is 387 g/mol. The fourth-order valence-electron chi connectivity index (χ4n) is 1.79. The highest BCUT2D eigenvalue weighted by Crippen LogP contribution is 2.26. The summed E-state index contributed by atoms with van der Waals surface area (Å²) in [6.07, 6.45) is 0. The van der Waals surface area contributed by atoms with Crippen molar-refractivity contribution in [1.29, 1.82) is 0 Å². The van der Waals surface area contributed by atoms with Crippen LogP contribution in [0, 0.1) is 0 Å². The molecule has 0 saturated heterocycles. The van der Waals surface area contributed by atoms with Gasteiger partial charge in [0.05, 0.1) is 17.3 Å². The lowest BCUT2D eigenvalue weighted by molar-refractivity contribution is -0.116. The minimum Gasteiger partial charge on any atom is -0.379 e. The molecule has 1 aromatic carbocycles. The van der Waals surface area contributed by atoms with Crippen molar-refractivity contribution in [3.8, 4) is 0 Å². The third-order valence-electron chi connectivity index (χ3n) is 2.86. The van der Waals surface area contributed by atoms with Gasteiger partial charge in [-0.05, 0) is 41.1 Å². The summed E-state index contributed by atoms with van der Waals surface area (Å²) in [4.78, 5) is 17.6. The number of rotatable bonds is 5. The summed E-state index contributed by atoms with van der Waals surface area (Å²) < 4.78 is 0.849. The van der Waals surface area contributed by atoms with Gasteiger partial charge in [-0.2, -0.15) is 0 Å². The molecule has 0 spiro atoms. The van der Waals surface area contributed by atoms with Crippen LogP contribution < -0.4 is 10.2 Å². The molecule has 112 valence electrons. The van der Waals surface area contributed by atoms with Crippen LogP contribution in [-0.2, 0) is 11.3 Å². The lowest BCUT2D eigenvalue weighted by Gasteiger charge is -2.14. The molecular weight excluding hydrogens is 374 g/mol. The van der Waals surface area contributed by atoms with Gasteiger partial charge in [0, 0.05) is 29.0 Å². The zero-order valence-electron chi connectivity index (χ0n) is 11.7. The summed E-state index contributed by atoms with van der Waals surface area (Å²) >= 11 is 10.8. The van der Waals surface area contributed by atoms with Crippen LogP contribution >= 0.6 is 38.9 Å². The fraction of sp³-hybridized carbons (Fsp3) is 0.286. The Hall–Kier alpha value is -1.11. The Labute approximate surface area is 141 Å². The summed E-state index contributed by atoms with van der Waals surface area (Å²) in [5, 5.41) is 6.65. The normalized spacial score (nSPS) is 10.5. The van der Waals surface area contributed by atoms with Crippen molar-refractivity contribution >= 4 is 55.6 Å². The van der Waals surface area contributed by atoms with Gasteiger partial charge in [0.15, 0.2) is 5.13 Å². The number of hydrogen-bond donors (Lipinski definition) is 1. The van der Waals surface area contributed by atoms with Gasteiger partial charge in [-0.25, -0.2) is 4.98 Å². The molecule has 0 fully saturated rings. The van der Waals surface area contributed by atoms with Crippen molar-refractivity contribution < 1.29 is 4.79 Å². The van der Waals surface area contributed by atoms with Crippen molar-refractivity contribution in [2.45, 2.75) is 20.4 Å².